The number of fused-ring (bicyclic) bond motifs is 1. The number of halogens is 2. The van der Waals surface area contributed by atoms with E-state index in [2.05, 4.69) is 10.3 Å². The Morgan fingerprint density at radius 1 is 1.31 bits per heavy atom. The summed E-state index contributed by atoms with van der Waals surface area (Å²) < 4.78 is 20.0. The van der Waals surface area contributed by atoms with Crippen molar-refractivity contribution in [3.8, 4) is 0 Å². The Morgan fingerprint density at radius 3 is 2.76 bits per heavy atom. The van der Waals surface area contributed by atoms with Crippen LogP contribution in [-0.4, -0.2) is 100 Å². The van der Waals surface area contributed by atoms with Crippen LogP contribution < -0.4 is 5.32 Å². The van der Waals surface area contributed by atoms with Gasteiger partial charge in [-0.15, -0.1) is 11.3 Å². The first-order valence-corrected chi connectivity index (χ1v) is 15.0. The standard InChI is InChI=1S/C28H32ClFN6O5S/c1-4-41-27(39)20-18(13-34-9-10-36-19(23(34)26(37)38)14-35(28(36)40)12-15(2)3)32-24(25-31-8-11-42-25)33-22(20)16-6-5-7-17(30)21(16)29/h5-8,11,15,19,22-23H,4,9-10,12-14H2,1-3H3,(H,32,33)(H,37,38)/t19-,22+,23+/m1/s1. The number of rotatable bonds is 9. The molecule has 0 spiro atoms. The van der Waals surface area contributed by atoms with Crippen LogP contribution in [0.15, 0.2) is 46.0 Å². The van der Waals surface area contributed by atoms with Crippen molar-refractivity contribution in [1.29, 1.82) is 0 Å². The third kappa shape index (κ3) is 5.72. The van der Waals surface area contributed by atoms with Crippen LogP contribution in [0.1, 0.15) is 37.4 Å². The number of carbonyl (C=O) groups is 3. The minimum absolute atomic E-state index is 0.00164. The van der Waals surface area contributed by atoms with Gasteiger partial charge in [0, 0.05) is 55.6 Å². The number of urea groups is 1. The molecular formula is C28H32ClFN6O5S. The second kappa shape index (κ2) is 12.4. The molecular weight excluding hydrogens is 587 g/mol. The molecule has 3 aliphatic heterocycles. The zero-order valence-electron chi connectivity index (χ0n) is 23.4. The van der Waals surface area contributed by atoms with E-state index in [1.807, 2.05) is 13.8 Å². The number of carboxylic acid groups (broad SMARTS) is 1. The van der Waals surface area contributed by atoms with Gasteiger partial charge in [-0.3, -0.25) is 14.7 Å². The number of thiazole rings is 1. The number of carboxylic acids is 1. The molecule has 11 nitrogen and oxygen atoms in total. The number of aliphatic carboxylic acids is 1. The summed E-state index contributed by atoms with van der Waals surface area (Å²) >= 11 is 7.71. The molecule has 2 fully saturated rings. The summed E-state index contributed by atoms with van der Waals surface area (Å²) in [5.41, 5.74) is 0.709. The topological polar surface area (TPSA) is 128 Å². The lowest BCUT2D eigenvalue weighted by Crippen LogP contribution is -2.62. The Hall–Kier alpha value is -3.55. The molecule has 2 N–H and O–H groups in total. The molecule has 0 unspecified atom stereocenters. The molecule has 2 saturated heterocycles. The molecule has 14 heteroatoms. The number of esters is 1. The highest BCUT2D eigenvalue weighted by Gasteiger charge is 2.50. The molecule has 1 aromatic carbocycles. The quantitative estimate of drug-likeness (QED) is 0.410. The first-order chi connectivity index (χ1) is 20.1. The van der Waals surface area contributed by atoms with E-state index in [1.54, 1.807) is 39.3 Å². The molecule has 2 amide bonds. The summed E-state index contributed by atoms with van der Waals surface area (Å²) in [6.07, 6.45) is 1.61. The highest BCUT2D eigenvalue weighted by atomic mass is 35.5. The Labute approximate surface area is 251 Å². The van der Waals surface area contributed by atoms with Crippen LogP contribution in [0.2, 0.25) is 5.02 Å². The van der Waals surface area contributed by atoms with Crippen molar-refractivity contribution in [2.45, 2.75) is 38.9 Å². The maximum atomic E-state index is 14.6. The SMILES string of the molecule is CCOC(=O)C1=C(CN2CCN3C(=O)N(CC(C)C)C[C@@H]3[C@H]2C(=O)O)NC(c2nccs2)=N[C@H]1c1cccc(F)c1Cl. The lowest BCUT2D eigenvalue weighted by Gasteiger charge is -2.42. The van der Waals surface area contributed by atoms with Gasteiger partial charge in [-0.25, -0.2) is 19.0 Å². The van der Waals surface area contributed by atoms with Crippen molar-refractivity contribution in [3.63, 3.8) is 0 Å². The van der Waals surface area contributed by atoms with E-state index in [-0.39, 0.29) is 54.3 Å². The van der Waals surface area contributed by atoms with Crippen LogP contribution in [0, 0.1) is 11.7 Å². The van der Waals surface area contributed by atoms with Crippen molar-refractivity contribution in [2.24, 2.45) is 10.9 Å². The van der Waals surface area contributed by atoms with E-state index in [4.69, 9.17) is 21.3 Å². The number of aliphatic imine (C=N–C) groups is 1. The number of hydrogen-bond acceptors (Lipinski definition) is 9. The van der Waals surface area contributed by atoms with Crippen LogP contribution in [0.5, 0.6) is 0 Å². The first-order valence-electron chi connectivity index (χ1n) is 13.7. The molecule has 1 aromatic heterocycles. The zero-order valence-corrected chi connectivity index (χ0v) is 25.0. The second-order valence-electron chi connectivity index (χ2n) is 10.7. The molecule has 0 saturated carbocycles. The van der Waals surface area contributed by atoms with Gasteiger partial charge < -0.3 is 25.0 Å². The fraction of sp³-hybridized carbons (Fsp3) is 0.464. The summed E-state index contributed by atoms with van der Waals surface area (Å²) in [6, 6.07) is 1.49. The number of aromatic nitrogens is 1. The number of nitrogens with one attached hydrogen (secondary N) is 1. The largest absolute Gasteiger partial charge is 0.480 e. The van der Waals surface area contributed by atoms with E-state index in [1.165, 1.54) is 23.5 Å². The zero-order chi connectivity index (χ0) is 30.1. The van der Waals surface area contributed by atoms with Crippen molar-refractivity contribution in [3.05, 3.63) is 62.5 Å². The number of nitrogens with zero attached hydrogens (tertiary/aromatic N) is 5. The van der Waals surface area contributed by atoms with Gasteiger partial charge in [0.05, 0.1) is 23.2 Å². The van der Waals surface area contributed by atoms with Crippen LogP contribution in [0.25, 0.3) is 0 Å². The fourth-order valence-corrected chi connectivity index (χ4v) is 6.56. The number of benzene rings is 1. The summed E-state index contributed by atoms with van der Waals surface area (Å²) in [6.45, 7) is 7.16. The third-order valence-corrected chi connectivity index (χ3v) is 8.62. The Balaban J connectivity index is 1.57. The number of amides is 2. The molecule has 2 aromatic rings. The maximum Gasteiger partial charge on any atom is 0.338 e. The average molecular weight is 619 g/mol. The highest BCUT2D eigenvalue weighted by molar-refractivity contribution is 7.11. The Bertz CT molecular complexity index is 1430. The second-order valence-corrected chi connectivity index (χ2v) is 12.0. The number of amidine groups is 1. The number of piperazine rings is 1. The van der Waals surface area contributed by atoms with E-state index >= 15 is 0 Å². The Kier molecular flexibility index (Phi) is 8.81. The third-order valence-electron chi connectivity index (χ3n) is 7.44. The molecule has 3 atom stereocenters. The smallest absolute Gasteiger partial charge is 0.338 e. The molecule has 0 aliphatic carbocycles. The van der Waals surface area contributed by atoms with E-state index in [0.717, 1.165) is 0 Å². The molecule has 5 rings (SSSR count). The fourth-order valence-electron chi connectivity index (χ4n) is 5.75. The van der Waals surface area contributed by atoms with E-state index in [9.17, 15) is 23.9 Å². The van der Waals surface area contributed by atoms with Crippen LogP contribution >= 0.6 is 22.9 Å². The van der Waals surface area contributed by atoms with Crippen molar-refractivity contribution >= 4 is 46.7 Å². The highest BCUT2D eigenvalue weighted by Crippen LogP contribution is 2.38. The van der Waals surface area contributed by atoms with Crippen molar-refractivity contribution in [2.75, 3.05) is 39.3 Å². The van der Waals surface area contributed by atoms with Crippen LogP contribution in [-0.2, 0) is 14.3 Å². The van der Waals surface area contributed by atoms with E-state index < -0.39 is 35.9 Å². The predicted molar refractivity (Wildman–Crippen MR) is 155 cm³/mol. The van der Waals surface area contributed by atoms with Gasteiger partial charge in [0.2, 0.25) is 0 Å². The molecule has 0 bridgehead atoms. The van der Waals surface area contributed by atoms with Crippen LogP contribution in [0.4, 0.5) is 9.18 Å². The molecule has 4 heterocycles. The van der Waals surface area contributed by atoms with E-state index in [0.29, 0.717) is 29.6 Å². The molecule has 0 radical (unpaired) electrons. The number of hydrogen-bond donors (Lipinski definition) is 2. The van der Waals surface area contributed by atoms with Gasteiger partial charge in [0.25, 0.3) is 0 Å². The molecule has 224 valence electrons. The number of ether oxygens (including phenoxy) is 1. The van der Waals surface area contributed by atoms with Crippen molar-refractivity contribution in [1.82, 2.24) is 25.0 Å². The summed E-state index contributed by atoms with van der Waals surface area (Å²) in [7, 11) is 0. The average Bonchev–Trinajstić information content (AvgIpc) is 3.58. The molecule has 42 heavy (non-hydrogen) atoms. The summed E-state index contributed by atoms with van der Waals surface area (Å²) in [5, 5.41) is 15.7. The minimum atomic E-state index is -1.07. The lowest BCUT2D eigenvalue weighted by molar-refractivity contribution is -0.147. The molecule has 3 aliphatic rings. The summed E-state index contributed by atoms with van der Waals surface area (Å²) in [4.78, 5) is 53.4. The first kappa shape index (κ1) is 29.9. The minimum Gasteiger partial charge on any atom is -0.480 e. The Morgan fingerprint density at radius 2 is 2.10 bits per heavy atom. The van der Waals surface area contributed by atoms with Gasteiger partial charge in [-0.1, -0.05) is 37.6 Å². The summed E-state index contributed by atoms with van der Waals surface area (Å²) in [5.74, 6) is -1.85. The lowest BCUT2D eigenvalue weighted by atomic mass is 9.94. The number of carbonyl (C=O) groups excluding carboxylic acids is 2. The predicted octanol–water partition coefficient (Wildman–Crippen LogP) is 3.37. The van der Waals surface area contributed by atoms with Gasteiger partial charge in [0.15, 0.2) is 10.8 Å². The normalized spacial score (nSPS) is 22.8. The van der Waals surface area contributed by atoms with Gasteiger partial charge in [-0.2, -0.15) is 0 Å². The van der Waals surface area contributed by atoms with Gasteiger partial charge >= 0.3 is 18.0 Å². The van der Waals surface area contributed by atoms with Crippen molar-refractivity contribution < 1.29 is 28.6 Å². The van der Waals surface area contributed by atoms with Crippen LogP contribution in [0.3, 0.4) is 0 Å². The van der Waals surface area contributed by atoms with Gasteiger partial charge in [-0.05, 0) is 18.9 Å². The maximum absolute atomic E-state index is 14.6. The van der Waals surface area contributed by atoms with Gasteiger partial charge in [0.1, 0.15) is 17.9 Å². The monoisotopic (exact) mass is 618 g/mol.